The molecule has 1 amide bonds. The Bertz CT molecular complexity index is 589. The van der Waals surface area contributed by atoms with Crippen molar-refractivity contribution in [3.05, 3.63) is 35.3 Å². The van der Waals surface area contributed by atoms with E-state index in [1.54, 1.807) is 17.0 Å². The minimum Gasteiger partial charge on any atom is -0.618 e. The molecule has 2 aliphatic rings. The number of rotatable bonds is 2. The summed E-state index contributed by atoms with van der Waals surface area (Å²) in [5.74, 6) is -0.442. The van der Waals surface area contributed by atoms with Crippen LogP contribution in [0.15, 0.2) is 24.4 Å². The summed E-state index contributed by atoms with van der Waals surface area (Å²) in [5, 5.41) is 11.9. The fraction of sp³-hybridized carbons (Fsp3) is 0.562. The highest BCUT2D eigenvalue weighted by Crippen LogP contribution is 2.40. The molecule has 3 rings (SSSR count). The van der Waals surface area contributed by atoms with E-state index in [9.17, 15) is 14.8 Å². The van der Waals surface area contributed by atoms with Crippen LogP contribution in [-0.2, 0) is 9.53 Å². The standard InChI is InChI=1S/C16H20N2O4/c1-22-16(20)14-10-11-6-2-3-7-12(11)18(14)15(19)13-8-4-5-9-17(13)21/h4-5,8-9,11-12,14H,2-3,6-7,10H2,1H3/t11-,12-,14+/m1/s1. The third-order valence-electron chi connectivity index (χ3n) is 4.84. The molecule has 1 aromatic heterocycles. The zero-order valence-corrected chi connectivity index (χ0v) is 12.6. The number of pyridine rings is 1. The maximum atomic E-state index is 12.9. The third kappa shape index (κ3) is 2.42. The summed E-state index contributed by atoms with van der Waals surface area (Å²) in [4.78, 5) is 26.5. The van der Waals surface area contributed by atoms with Crippen molar-refractivity contribution in [3.8, 4) is 0 Å². The quantitative estimate of drug-likeness (QED) is 0.468. The van der Waals surface area contributed by atoms with E-state index < -0.39 is 12.0 Å². The molecule has 0 unspecified atom stereocenters. The van der Waals surface area contributed by atoms with Crippen LogP contribution in [0.4, 0.5) is 0 Å². The van der Waals surface area contributed by atoms with Gasteiger partial charge in [0.15, 0.2) is 6.20 Å². The van der Waals surface area contributed by atoms with Gasteiger partial charge in [0, 0.05) is 18.2 Å². The zero-order valence-electron chi connectivity index (χ0n) is 12.6. The summed E-state index contributed by atoms with van der Waals surface area (Å²) in [5.41, 5.74) is 0.0580. The molecule has 0 bridgehead atoms. The molecule has 0 radical (unpaired) electrons. The number of likely N-dealkylation sites (tertiary alicyclic amines) is 1. The number of hydrogen-bond acceptors (Lipinski definition) is 4. The number of nitrogens with zero attached hydrogens (tertiary/aromatic N) is 2. The molecule has 0 aromatic carbocycles. The van der Waals surface area contributed by atoms with Crippen molar-refractivity contribution in [3.63, 3.8) is 0 Å². The first-order chi connectivity index (χ1) is 10.6. The van der Waals surface area contributed by atoms with Gasteiger partial charge in [0.25, 0.3) is 5.69 Å². The highest BCUT2D eigenvalue weighted by molar-refractivity contribution is 5.95. The van der Waals surface area contributed by atoms with Crippen LogP contribution in [-0.4, -0.2) is 36.0 Å². The third-order valence-corrected chi connectivity index (χ3v) is 4.84. The van der Waals surface area contributed by atoms with Crippen molar-refractivity contribution >= 4 is 11.9 Å². The molecule has 0 spiro atoms. The van der Waals surface area contributed by atoms with Gasteiger partial charge in [-0.1, -0.05) is 12.8 Å². The fourth-order valence-corrected chi connectivity index (χ4v) is 3.82. The fourth-order valence-electron chi connectivity index (χ4n) is 3.82. The Morgan fingerprint density at radius 2 is 2.09 bits per heavy atom. The van der Waals surface area contributed by atoms with Crippen LogP contribution in [0.25, 0.3) is 0 Å². The van der Waals surface area contributed by atoms with Crippen LogP contribution in [0, 0.1) is 11.1 Å². The van der Waals surface area contributed by atoms with Gasteiger partial charge in [0.1, 0.15) is 6.04 Å². The molecule has 2 fully saturated rings. The largest absolute Gasteiger partial charge is 0.618 e. The summed E-state index contributed by atoms with van der Waals surface area (Å²) in [6, 6.07) is 4.19. The van der Waals surface area contributed by atoms with Crippen LogP contribution >= 0.6 is 0 Å². The minimum absolute atomic E-state index is 0.0329. The van der Waals surface area contributed by atoms with Crippen LogP contribution in [0.5, 0.6) is 0 Å². The molecule has 1 aliphatic carbocycles. The predicted octanol–water partition coefficient (Wildman–Crippen LogP) is 1.27. The van der Waals surface area contributed by atoms with Crippen LogP contribution in [0.3, 0.4) is 0 Å². The van der Waals surface area contributed by atoms with Crippen molar-refractivity contribution in [2.75, 3.05) is 7.11 Å². The van der Waals surface area contributed by atoms with E-state index in [1.165, 1.54) is 19.4 Å². The molecule has 1 aliphatic heterocycles. The lowest BCUT2D eigenvalue weighted by Gasteiger charge is -2.32. The van der Waals surface area contributed by atoms with Gasteiger partial charge in [-0.05, 0) is 31.2 Å². The monoisotopic (exact) mass is 304 g/mol. The highest BCUT2D eigenvalue weighted by Gasteiger charge is 2.49. The van der Waals surface area contributed by atoms with Crippen molar-refractivity contribution in [1.82, 2.24) is 4.90 Å². The van der Waals surface area contributed by atoms with Gasteiger partial charge in [-0.2, -0.15) is 4.73 Å². The van der Waals surface area contributed by atoms with E-state index in [-0.39, 0.29) is 17.6 Å². The zero-order chi connectivity index (χ0) is 15.7. The van der Waals surface area contributed by atoms with Crippen molar-refractivity contribution in [2.24, 2.45) is 5.92 Å². The molecule has 1 saturated heterocycles. The van der Waals surface area contributed by atoms with Gasteiger partial charge in [-0.15, -0.1) is 0 Å². The van der Waals surface area contributed by atoms with Gasteiger partial charge in [-0.25, -0.2) is 4.79 Å². The second kappa shape index (κ2) is 5.94. The number of amides is 1. The second-order valence-electron chi connectivity index (χ2n) is 6.01. The molecule has 0 N–H and O–H groups in total. The first-order valence-corrected chi connectivity index (χ1v) is 7.72. The minimum atomic E-state index is -0.578. The molecule has 1 saturated carbocycles. The van der Waals surface area contributed by atoms with E-state index in [1.807, 2.05) is 0 Å². The summed E-state index contributed by atoms with van der Waals surface area (Å²) < 4.78 is 5.43. The van der Waals surface area contributed by atoms with Crippen molar-refractivity contribution in [2.45, 2.75) is 44.2 Å². The first kappa shape index (κ1) is 14.8. The number of methoxy groups -OCH3 is 1. The average Bonchev–Trinajstić information content (AvgIpc) is 2.93. The Morgan fingerprint density at radius 1 is 1.32 bits per heavy atom. The maximum Gasteiger partial charge on any atom is 0.328 e. The van der Waals surface area contributed by atoms with E-state index >= 15 is 0 Å². The number of esters is 1. The van der Waals surface area contributed by atoms with Gasteiger partial charge in [-0.3, -0.25) is 4.79 Å². The molecule has 118 valence electrons. The Balaban J connectivity index is 1.95. The Labute approximate surface area is 129 Å². The average molecular weight is 304 g/mol. The smallest absolute Gasteiger partial charge is 0.328 e. The molecule has 2 heterocycles. The molecule has 6 heteroatoms. The summed E-state index contributed by atoms with van der Waals surface area (Å²) in [6.07, 6.45) is 6.02. The molecule has 3 atom stereocenters. The molecular weight excluding hydrogens is 284 g/mol. The molecule has 22 heavy (non-hydrogen) atoms. The van der Waals surface area contributed by atoms with Crippen LogP contribution in [0.1, 0.15) is 42.6 Å². The van der Waals surface area contributed by atoms with Crippen molar-refractivity contribution < 1.29 is 19.1 Å². The van der Waals surface area contributed by atoms with E-state index in [4.69, 9.17) is 4.74 Å². The Hall–Kier alpha value is -2.11. The Morgan fingerprint density at radius 3 is 2.82 bits per heavy atom. The number of hydrogen-bond donors (Lipinski definition) is 0. The maximum absolute atomic E-state index is 12.9. The van der Waals surface area contributed by atoms with E-state index in [2.05, 4.69) is 0 Å². The van der Waals surface area contributed by atoms with Crippen LogP contribution in [0.2, 0.25) is 0 Å². The van der Waals surface area contributed by atoms with Gasteiger partial charge in [0.2, 0.25) is 0 Å². The normalized spacial score (nSPS) is 27.3. The van der Waals surface area contributed by atoms with Gasteiger partial charge >= 0.3 is 11.9 Å². The lowest BCUT2D eigenvalue weighted by atomic mass is 9.84. The molecular formula is C16H20N2O4. The number of carbonyl (C=O) groups excluding carboxylic acids is 2. The number of aromatic nitrogens is 1. The second-order valence-corrected chi connectivity index (χ2v) is 6.01. The SMILES string of the molecule is COC(=O)[C@@H]1C[C@H]2CCCC[C@H]2N1C(=O)c1cccc[n+]1[O-]. The van der Waals surface area contributed by atoms with Crippen molar-refractivity contribution in [1.29, 1.82) is 0 Å². The lowest BCUT2D eigenvalue weighted by Crippen LogP contribution is -2.50. The van der Waals surface area contributed by atoms with E-state index in [0.29, 0.717) is 17.1 Å². The Kier molecular flexibility index (Phi) is 4.00. The predicted molar refractivity (Wildman–Crippen MR) is 77.7 cm³/mol. The summed E-state index contributed by atoms with van der Waals surface area (Å²) >= 11 is 0. The molecule has 1 aromatic rings. The van der Waals surface area contributed by atoms with Gasteiger partial charge in [0.05, 0.1) is 7.11 Å². The number of fused-ring (bicyclic) bond motifs is 1. The topological polar surface area (TPSA) is 73.5 Å². The van der Waals surface area contributed by atoms with E-state index in [0.717, 1.165) is 25.7 Å². The summed E-state index contributed by atoms with van der Waals surface area (Å²) in [6.45, 7) is 0. The van der Waals surface area contributed by atoms with Gasteiger partial charge < -0.3 is 14.8 Å². The lowest BCUT2D eigenvalue weighted by molar-refractivity contribution is -0.608. The number of ether oxygens (including phenoxy) is 1. The van der Waals surface area contributed by atoms with Crippen LogP contribution < -0.4 is 4.73 Å². The highest BCUT2D eigenvalue weighted by atomic mass is 16.5. The first-order valence-electron chi connectivity index (χ1n) is 7.72. The number of carbonyl (C=O) groups is 2. The summed E-state index contributed by atoms with van der Waals surface area (Å²) in [7, 11) is 1.34. The molecule has 6 nitrogen and oxygen atoms in total.